The van der Waals surface area contributed by atoms with Gasteiger partial charge in [-0.1, -0.05) is 53.6 Å². The van der Waals surface area contributed by atoms with Gasteiger partial charge in [0.05, 0.1) is 17.7 Å². The molecule has 0 aromatic heterocycles. The number of ether oxygens (including phenoxy) is 1. The first-order chi connectivity index (χ1) is 16.3. The fourth-order valence-electron chi connectivity index (χ4n) is 3.32. The number of benzene rings is 3. The summed E-state index contributed by atoms with van der Waals surface area (Å²) in [6.45, 7) is 2.18. The Kier molecular flexibility index (Phi) is 8.27. The van der Waals surface area contributed by atoms with E-state index in [0.29, 0.717) is 0 Å². The van der Waals surface area contributed by atoms with Crippen molar-refractivity contribution in [3.8, 4) is 5.75 Å². The molecular formula is C26H25ClN2O5. The highest BCUT2D eigenvalue weighted by Crippen LogP contribution is 2.19. The van der Waals surface area contributed by atoms with Crippen molar-refractivity contribution in [2.24, 2.45) is 0 Å². The van der Waals surface area contributed by atoms with E-state index in [1.807, 2.05) is 31.2 Å². The third kappa shape index (κ3) is 6.59. The second-order valence-electron chi connectivity index (χ2n) is 7.79. The number of carbonyl (C=O) groups excluding carboxylic acids is 3. The highest BCUT2D eigenvalue weighted by atomic mass is 35.5. The molecule has 1 atom stereocenters. The van der Waals surface area contributed by atoms with Crippen molar-refractivity contribution in [1.29, 1.82) is 0 Å². The number of aromatic hydroxyl groups is 1. The molecule has 0 spiro atoms. The summed E-state index contributed by atoms with van der Waals surface area (Å²) in [7, 11) is 1.26. The molecule has 3 aromatic rings. The predicted molar refractivity (Wildman–Crippen MR) is 129 cm³/mol. The number of phenols is 1. The van der Waals surface area contributed by atoms with Crippen molar-refractivity contribution in [1.82, 2.24) is 10.6 Å². The van der Waals surface area contributed by atoms with Crippen molar-refractivity contribution >= 4 is 29.4 Å². The van der Waals surface area contributed by atoms with Gasteiger partial charge < -0.3 is 20.5 Å². The molecule has 0 aliphatic heterocycles. The average molecular weight is 481 g/mol. The van der Waals surface area contributed by atoms with Crippen LogP contribution in [0.1, 0.15) is 37.4 Å². The number of amides is 2. The third-order valence-electron chi connectivity index (χ3n) is 5.19. The minimum atomic E-state index is -0.901. The van der Waals surface area contributed by atoms with E-state index in [1.165, 1.54) is 25.3 Å². The Balaban J connectivity index is 1.68. The lowest BCUT2D eigenvalue weighted by molar-refractivity contribution is -0.142. The summed E-state index contributed by atoms with van der Waals surface area (Å²) in [5, 5.41) is 15.0. The van der Waals surface area contributed by atoms with Crippen LogP contribution >= 0.6 is 11.6 Å². The molecule has 1 unspecified atom stereocenters. The second-order valence-corrected chi connectivity index (χ2v) is 8.19. The van der Waals surface area contributed by atoms with Gasteiger partial charge in [0.2, 0.25) is 0 Å². The van der Waals surface area contributed by atoms with Crippen molar-refractivity contribution in [3.63, 3.8) is 0 Å². The average Bonchev–Trinajstić information content (AvgIpc) is 2.82. The molecule has 8 heteroatoms. The number of halogens is 1. The van der Waals surface area contributed by atoms with Crippen LogP contribution in [-0.2, 0) is 22.5 Å². The minimum absolute atomic E-state index is 0.0708. The van der Waals surface area contributed by atoms with E-state index in [2.05, 4.69) is 10.6 Å². The van der Waals surface area contributed by atoms with E-state index in [1.54, 1.807) is 24.3 Å². The van der Waals surface area contributed by atoms with Crippen LogP contribution in [0.5, 0.6) is 5.75 Å². The Bertz CT molecular complexity index is 1190. The number of esters is 1. The molecule has 0 bridgehead atoms. The van der Waals surface area contributed by atoms with Crippen LogP contribution in [-0.4, -0.2) is 36.0 Å². The molecule has 0 fully saturated rings. The summed E-state index contributed by atoms with van der Waals surface area (Å²) in [5.74, 6) is -1.41. The SMILES string of the molecule is COC(=O)C(Cc1ccc(C)cc1)NC(=O)c1ccc(C(=O)NCc2cccc(O)c2)cc1Cl. The summed E-state index contributed by atoms with van der Waals surface area (Å²) < 4.78 is 4.84. The normalized spacial score (nSPS) is 11.4. The highest BCUT2D eigenvalue weighted by Gasteiger charge is 2.24. The Morgan fingerprint density at radius 3 is 2.35 bits per heavy atom. The van der Waals surface area contributed by atoms with Crippen LogP contribution < -0.4 is 10.6 Å². The van der Waals surface area contributed by atoms with E-state index in [-0.39, 0.29) is 40.8 Å². The molecule has 3 N–H and O–H groups in total. The third-order valence-corrected chi connectivity index (χ3v) is 5.50. The van der Waals surface area contributed by atoms with Gasteiger partial charge >= 0.3 is 5.97 Å². The van der Waals surface area contributed by atoms with Gasteiger partial charge in [0.25, 0.3) is 11.8 Å². The van der Waals surface area contributed by atoms with Crippen LogP contribution in [0.15, 0.2) is 66.7 Å². The predicted octanol–water partition coefficient (Wildman–Crippen LogP) is 3.80. The molecule has 176 valence electrons. The van der Waals surface area contributed by atoms with E-state index in [9.17, 15) is 19.5 Å². The van der Waals surface area contributed by atoms with E-state index in [0.717, 1.165) is 16.7 Å². The smallest absolute Gasteiger partial charge is 0.328 e. The van der Waals surface area contributed by atoms with E-state index in [4.69, 9.17) is 16.3 Å². The molecule has 0 saturated heterocycles. The van der Waals surface area contributed by atoms with Crippen LogP contribution in [0, 0.1) is 6.92 Å². The molecule has 2 amide bonds. The van der Waals surface area contributed by atoms with Gasteiger partial charge in [-0.25, -0.2) is 4.79 Å². The van der Waals surface area contributed by atoms with Crippen molar-refractivity contribution in [2.75, 3.05) is 7.11 Å². The number of nitrogens with one attached hydrogen (secondary N) is 2. The maximum atomic E-state index is 12.8. The highest BCUT2D eigenvalue weighted by molar-refractivity contribution is 6.34. The number of phenolic OH excluding ortho intramolecular Hbond substituents is 1. The Morgan fingerprint density at radius 2 is 1.71 bits per heavy atom. The molecule has 0 heterocycles. The van der Waals surface area contributed by atoms with E-state index < -0.39 is 17.9 Å². The maximum Gasteiger partial charge on any atom is 0.328 e. The lowest BCUT2D eigenvalue weighted by Crippen LogP contribution is -2.43. The number of hydrogen-bond acceptors (Lipinski definition) is 5. The lowest BCUT2D eigenvalue weighted by Gasteiger charge is -2.17. The van der Waals surface area contributed by atoms with Gasteiger partial charge in [-0.2, -0.15) is 0 Å². The molecule has 0 saturated carbocycles. The topological polar surface area (TPSA) is 105 Å². The monoisotopic (exact) mass is 480 g/mol. The van der Waals surface area contributed by atoms with Gasteiger partial charge in [-0.05, 0) is 48.4 Å². The Hall–Kier alpha value is -3.84. The number of hydrogen-bond donors (Lipinski definition) is 3. The lowest BCUT2D eigenvalue weighted by atomic mass is 10.0. The summed E-state index contributed by atoms with van der Waals surface area (Å²) in [6.07, 6.45) is 0.256. The second kappa shape index (κ2) is 11.3. The van der Waals surface area contributed by atoms with Crippen LogP contribution in [0.3, 0.4) is 0 Å². The van der Waals surface area contributed by atoms with E-state index >= 15 is 0 Å². The van der Waals surface area contributed by atoms with Gasteiger partial charge in [-0.15, -0.1) is 0 Å². The number of carbonyl (C=O) groups is 3. The van der Waals surface area contributed by atoms with Crippen LogP contribution in [0.2, 0.25) is 5.02 Å². The van der Waals surface area contributed by atoms with Gasteiger partial charge in [0.15, 0.2) is 0 Å². The standard InChI is InChI=1S/C26H25ClN2O5/c1-16-6-8-17(9-7-16)13-23(26(33)34-2)29-25(32)21-11-10-19(14-22(21)27)24(31)28-15-18-4-3-5-20(30)12-18/h3-12,14,23,30H,13,15H2,1-2H3,(H,28,31)(H,29,32). The molecule has 3 aromatic carbocycles. The number of aryl methyl sites for hydroxylation is 1. The fraction of sp³-hybridized carbons (Fsp3) is 0.192. The number of methoxy groups -OCH3 is 1. The first-order valence-corrected chi connectivity index (χ1v) is 10.9. The van der Waals surface area contributed by atoms with Crippen molar-refractivity contribution < 1.29 is 24.2 Å². The quantitative estimate of drug-likeness (QED) is 0.425. The van der Waals surface area contributed by atoms with Crippen molar-refractivity contribution in [2.45, 2.75) is 25.9 Å². The fourth-order valence-corrected chi connectivity index (χ4v) is 3.59. The summed E-state index contributed by atoms with van der Waals surface area (Å²) in [4.78, 5) is 37.6. The Labute approximate surface area is 202 Å². The van der Waals surface area contributed by atoms with Gasteiger partial charge in [0, 0.05) is 18.5 Å². The minimum Gasteiger partial charge on any atom is -0.508 e. The molecular weight excluding hydrogens is 456 g/mol. The summed E-state index contributed by atoms with van der Waals surface area (Å²) in [6, 6.07) is 17.6. The summed E-state index contributed by atoms with van der Waals surface area (Å²) in [5.41, 5.74) is 3.08. The number of rotatable bonds is 8. The molecule has 0 aliphatic rings. The zero-order valence-electron chi connectivity index (χ0n) is 18.8. The maximum absolute atomic E-state index is 12.8. The molecule has 34 heavy (non-hydrogen) atoms. The van der Waals surface area contributed by atoms with Gasteiger partial charge in [0.1, 0.15) is 11.8 Å². The molecule has 0 radical (unpaired) electrons. The first kappa shape index (κ1) is 24.8. The zero-order valence-corrected chi connectivity index (χ0v) is 19.6. The summed E-state index contributed by atoms with van der Waals surface area (Å²) >= 11 is 6.29. The molecule has 3 rings (SSSR count). The Morgan fingerprint density at radius 1 is 0.971 bits per heavy atom. The first-order valence-electron chi connectivity index (χ1n) is 10.6. The van der Waals surface area contributed by atoms with Gasteiger partial charge in [-0.3, -0.25) is 9.59 Å². The van der Waals surface area contributed by atoms with Crippen LogP contribution in [0.25, 0.3) is 0 Å². The molecule has 7 nitrogen and oxygen atoms in total. The largest absolute Gasteiger partial charge is 0.508 e. The van der Waals surface area contributed by atoms with Crippen molar-refractivity contribution in [3.05, 3.63) is 99.6 Å². The zero-order chi connectivity index (χ0) is 24.7. The van der Waals surface area contributed by atoms with Crippen LogP contribution in [0.4, 0.5) is 0 Å². The molecule has 0 aliphatic carbocycles.